The first kappa shape index (κ1) is 14.1. The predicted molar refractivity (Wildman–Crippen MR) is 89.3 cm³/mol. The Kier molecular flexibility index (Phi) is 3.41. The van der Waals surface area contributed by atoms with Gasteiger partial charge >= 0.3 is 0 Å². The lowest BCUT2D eigenvalue weighted by Crippen LogP contribution is -2.39. The fraction of sp³-hybridized carbons (Fsp3) is 0.333. The normalized spacial score (nSPS) is 18.5. The van der Waals surface area contributed by atoms with Crippen molar-refractivity contribution in [1.29, 1.82) is 0 Å². The van der Waals surface area contributed by atoms with Crippen LogP contribution in [0.4, 0.5) is 0 Å². The van der Waals surface area contributed by atoms with E-state index in [1.807, 2.05) is 48.4 Å². The molecule has 1 aliphatic heterocycles. The van der Waals surface area contributed by atoms with E-state index in [1.54, 1.807) is 0 Å². The summed E-state index contributed by atoms with van der Waals surface area (Å²) in [6, 6.07) is 10.0. The van der Waals surface area contributed by atoms with Crippen LogP contribution in [0.3, 0.4) is 0 Å². The smallest absolute Gasteiger partial charge is 0.270 e. The molecule has 1 unspecified atom stereocenters. The average Bonchev–Trinajstić information content (AvgIpc) is 3.20. The van der Waals surface area contributed by atoms with E-state index < -0.39 is 0 Å². The number of carbonyl (C=O) groups excluding carboxylic acids is 1. The molecule has 2 aromatic heterocycles. The molecule has 5 nitrogen and oxygen atoms in total. The van der Waals surface area contributed by atoms with Crippen molar-refractivity contribution in [2.24, 2.45) is 0 Å². The van der Waals surface area contributed by atoms with Crippen molar-refractivity contribution in [3.05, 3.63) is 53.5 Å². The molecular weight excluding hydrogens is 288 g/mol. The van der Waals surface area contributed by atoms with Crippen LogP contribution in [0.2, 0.25) is 0 Å². The molecular formula is C18H20N4O. The van der Waals surface area contributed by atoms with Crippen molar-refractivity contribution in [3.63, 3.8) is 0 Å². The zero-order valence-electron chi connectivity index (χ0n) is 13.2. The third-order valence-corrected chi connectivity index (χ3v) is 4.73. The molecule has 1 fully saturated rings. The molecule has 0 bridgehead atoms. The number of rotatable bonds is 2. The SMILES string of the molecule is Cc1cn[nH]c1C1CCCCN1C(=O)c1cc2ccccc2[nH]1. The molecule has 118 valence electrons. The minimum absolute atomic E-state index is 0.0694. The van der Waals surface area contributed by atoms with Crippen LogP contribution in [0.5, 0.6) is 0 Å². The monoisotopic (exact) mass is 308 g/mol. The summed E-state index contributed by atoms with van der Waals surface area (Å²) in [4.78, 5) is 18.3. The fourth-order valence-corrected chi connectivity index (χ4v) is 3.51. The Morgan fingerprint density at radius 1 is 1.30 bits per heavy atom. The molecule has 0 saturated carbocycles. The number of hydrogen-bond acceptors (Lipinski definition) is 2. The molecule has 3 aromatic rings. The number of H-pyrrole nitrogens is 2. The number of piperidine rings is 1. The summed E-state index contributed by atoms with van der Waals surface area (Å²) < 4.78 is 0. The number of nitrogens with one attached hydrogen (secondary N) is 2. The van der Waals surface area contributed by atoms with Crippen LogP contribution in [0, 0.1) is 6.92 Å². The number of aromatic nitrogens is 3. The first-order valence-corrected chi connectivity index (χ1v) is 8.12. The quantitative estimate of drug-likeness (QED) is 0.760. The highest BCUT2D eigenvalue weighted by Gasteiger charge is 2.31. The summed E-state index contributed by atoms with van der Waals surface area (Å²) in [5.41, 5.74) is 3.85. The number of aryl methyl sites for hydroxylation is 1. The highest BCUT2D eigenvalue weighted by Crippen LogP contribution is 2.32. The number of para-hydroxylation sites is 1. The van der Waals surface area contributed by atoms with E-state index in [-0.39, 0.29) is 11.9 Å². The van der Waals surface area contributed by atoms with Crippen LogP contribution in [0.15, 0.2) is 36.5 Å². The second kappa shape index (κ2) is 5.57. The summed E-state index contributed by atoms with van der Waals surface area (Å²) in [7, 11) is 0. The number of nitrogens with zero attached hydrogens (tertiary/aromatic N) is 2. The van der Waals surface area contributed by atoms with E-state index in [0.29, 0.717) is 5.69 Å². The molecule has 23 heavy (non-hydrogen) atoms. The number of carbonyl (C=O) groups is 1. The molecule has 0 aliphatic carbocycles. The van der Waals surface area contributed by atoms with Crippen molar-refractivity contribution >= 4 is 16.8 Å². The van der Waals surface area contributed by atoms with Gasteiger partial charge in [-0.1, -0.05) is 18.2 Å². The Bertz CT molecular complexity index is 814. The van der Waals surface area contributed by atoms with E-state index in [9.17, 15) is 4.79 Å². The molecule has 2 N–H and O–H groups in total. The minimum Gasteiger partial charge on any atom is -0.351 e. The van der Waals surface area contributed by atoms with Gasteiger partial charge in [0.15, 0.2) is 0 Å². The number of likely N-dealkylation sites (tertiary alicyclic amines) is 1. The molecule has 3 heterocycles. The number of hydrogen-bond donors (Lipinski definition) is 2. The van der Waals surface area contributed by atoms with Crippen LogP contribution in [-0.2, 0) is 0 Å². The summed E-state index contributed by atoms with van der Waals surface area (Å²) in [6.07, 6.45) is 5.00. The molecule has 0 spiro atoms. The third kappa shape index (κ3) is 2.42. The summed E-state index contributed by atoms with van der Waals surface area (Å²) in [5, 5.41) is 8.28. The zero-order valence-corrected chi connectivity index (χ0v) is 13.2. The van der Waals surface area contributed by atoms with Gasteiger partial charge in [-0.3, -0.25) is 9.89 Å². The van der Waals surface area contributed by atoms with Crippen molar-refractivity contribution in [2.45, 2.75) is 32.2 Å². The van der Waals surface area contributed by atoms with E-state index >= 15 is 0 Å². The number of fused-ring (bicyclic) bond motifs is 1. The van der Waals surface area contributed by atoms with E-state index in [2.05, 4.69) is 15.2 Å². The van der Waals surface area contributed by atoms with Crippen molar-refractivity contribution in [1.82, 2.24) is 20.1 Å². The first-order chi connectivity index (χ1) is 11.2. The maximum absolute atomic E-state index is 13.0. The third-order valence-electron chi connectivity index (χ3n) is 4.73. The maximum Gasteiger partial charge on any atom is 0.270 e. The minimum atomic E-state index is 0.0694. The number of amides is 1. The Labute approximate surface area is 134 Å². The lowest BCUT2D eigenvalue weighted by molar-refractivity contribution is 0.0600. The van der Waals surface area contributed by atoms with Gasteiger partial charge in [0, 0.05) is 17.4 Å². The molecule has 1 saturated heterocycles. The van der Waals surface area contributed by atoms with Crippen molar-refractivity contribution < 1.29 is 4.79 Å². The lowest BCUT2D eigenvalue weighted by Gasteiger charge is -2.35. The number of benzene rings is 1. The highest BCUT2D eigenvalue weighted by atomic mass is 16.2. The fourth-order valence-electron chi connectivity index (χ4n) is 3.51. The van der Waals surface area contributed by atoms with Crippen LogP contribution in [0.1, 0.15) is 47.1 Å². The molecule has 4 rings (SSSR count). The van der Waals surface area contributed by atoms with Gasteiger partial charge < -0.3 is 9.88 Å². The maximum atomic E-state index is 13.0. The Balaban J connectivity index is 1.68. The van der Waals surface area contributed by atoms with Gasteiger partial charge in [0.1, 0.15) is 5.69 Å². The molecule has 1 aliphatic rings. The first-order valence-electron chi connectivity index (χ1n) is 8.12. The number of aromatic amines is 2. The summed E-state index contributed by atoms with van der Waals surface area (Å²) in [6.45, 7) is 2.83. The van der Waals surface area contributed by atoms with Gasteiger partial charge in [0.05, 0.1) is 17.9 Å². The molecule has 5 heteroatoms. The highest BCUT2D eigenvalue weighted by molar-refractivity contribution is 5.98. The second-order valence-electron chi connectivity index (χ2n) is 6.25. The Morgan fingerprint density at radius 3 is 2.96 bits per heavy atom. The van der Waals surface area contributed by atoms with Gasteiger partial charge in [0.2, 0.25) is 0 Å². The molecule has 0 radical (unpaired) electrons. The standard InChI is InChI=1S/C18H20N4O/c1-12-11-19-21-17(12)16-8-4-5-9-22(16)18(23)15-10-13-6-2-3-7-14(13)20-15/h2-3,6-7,10-11,16,20H,4-5,8-9H2,1H3,(H,19,21). The molecule has 1 aromatic carbocycles. The van der Waals surface area contributed by atoms with Crippen molar-refractivity contribution in [3.8, 4) is 0 Å². The van der Waals surface area contributed by atoms with E-state index in [4.69, 9.17) is 0 Å². The van der Waals surface area contributed by atoms with E-state index in [1.165, 1.54) is 0 Å². The van der Waals surface area contributed by atoms with Crippen LogP contribution in [0.25, 0.3) is 10.9 Å². The van der Waals surface area contributed by atoms with Crippen LogP contribution in [-0.4, -0.2) is 32.5 Å². The zero-order chi connectivity index (χ0) is 15.8. The second-order valence-corrected chi connectivity index (χ2v) is 6.25. The predicted octanol–water partition coefficient (Wildman–Crippen LogP) is 3.57. The Morgan fingerprint density at radius 2 is 2.17 bits per heavy atom. The molecule has 1 atom stereocenters. The summed E-state index contributed by atoms with van der Waals surface area (Å²) in [5.74, 6) is 0.0694. The van der Waals surface area contributed by atoms with Crippen LogP contribution < -0.4 is 0 Å². The Hall–Kier alpha value is -2.56. The van der Waals surface area contributed by atoms with Gasteiger partial charge in [-0.15, -0.1) is 0 Å². The van der Waals surface area contributed by atoms with Gasteiger partial charge in [-0.25, -0.2) is 0 Å². The van der Waals surface area contributed by atoms with Gasteiger partial charge in [-0.2, -0.15) is 5.10 Å². The lowest BCUT2D eigenvalue weighted by atomic mass is 9.97. The molecule has 1 amide bonds. The average molecular weight is 308 g/mol. The summed E-state index contributed by atoms with van der Waals surface area (Å²) >= 11 is 0. The van der Waals surface area contributed by atoms with E-state index in [0.717, 1.165) is 48.0 Å². The van der Waals surface area contributed by atoms with Gasteiger partial charge in [0.25, 0.3) is 5.91 Å². The van der Waals surface area contributed by atoms with Crippen LogP contribution >= 0.6 is 0 Å². The van der Waals surface area contributed by atoms with Crippen molar-refractivity contribution in [2.75, 3.05) is 6.54 Å². The van der Waals surface area contributed by atoms with Gasteiger partial charge in [-0.05, 0) is 43.9 Å². The largest absolute Gasteiger partial charge is 0.351 e. The topological polar surface area (TPSA) is 64.8 Å².